The van der Waals surface area contributed by atoms with Crippen LogP contribution in [0.1, 0.15) is 37.4 Å². The highest BCUT2D eigenvalue weighted by atomic mass is 16.6. The molecule has 2 heteroatoms. The number of rotatable bonds is 1. The third-order valence-corrected chi connectivity index (χ3v) is 2.45. The second-order valence-corrected chi connectivity index (χ2v) is 3.78. The maximum absolute atomic E-state index is 9.58. The van der Waals surface area contributed by atoms with Gasteiger partial charge in [0.2, 0.25) is 0 Å². The molecule has 0 amide bonds. The highest BCUT2D eigenvalue weighted by molar-refractivity contribution is 5.33. The van der Waals surface area contributed by atoms with Gasteiger partial charge in [0.15, 0.2) is 6.29 Å². The van der Waals surface area contributed by atoms with Crippen molar-refractivity contribution in [3.05, 3.63) is 35.4 Å². The van der Waals surface area contributed by atoms with E-state index in [9.17, 15) is 5.11 Å². The Morgan fingerprint density at radius 3 is 2.46 bits per heavy atom. The maximum Gasteiger partial charge on any atom is 0.182 e. The van der Waals surface area contributed by atoms with Crippen molar-refractivity contribution in [1.29, 1.82) is 0 Å². The molecular weight excluding hydrogens is 164 g/mol. The van der Waals surface area contributed by atoms with E-state index in [-0.39, 0.29) is 6.10 Å². The molecule has 70 valence electrons. The lowest BCUT2D eigenvalue weighted by Crippen LogP contribution is -2.05. The van der Waals surface area contributed by atoms with Crippen molar-refractivity contribution < 1.29 is 9.84 Å². The van der Waals surface area contributed by atoms with E-state index >= 15 is 0 Å². The van der Waals surface area contributed by atoms with E-state index in [2.05, 4.69) is 13.8 Å². The molecule has 1 aliphatic rings. The summed E-state index contributed by atoms with van der Waals surface area (Å²) in [6.07, 6.45) is -0.685. The van der Waals surface area contributed by atoms with E-state index in [4.69, 9.17) is 4.74 Å². The van der Waals surface area contributed by atoms with E-state index < -0.39 is 6.29 Å². The fourth-order valence-electron chi connectivity index (χ4n) is 1.80. The summed E-state index contributed by atoms with van der Waals surface area (Å²) in [5.74, 6) is 0.401. The van der Waals surface area contributed by atoms with Gasteiger partial charge in [-0.25, -0.2) is 0 Å². The normalized spacial score (nSPS) is 26.5. The molecule has 2 atom stereocenters. The van der Waals surface area contributed by atoms with Gasteiger partial charge in [-0.2, -0.15) is 0 Å². The molecule has 13 heavy (non-hydrogen) atoms. The van der Waals surface area contributed by atoms with Crippen LogP contribution in [0.4, 0.5) is 0 Å². The molecule has 1 aromatic carbocycles. The van der Waals surface area contributed by atoms with E-state index in [1.807, 2.05) is 24.3 Å². The molecule has 0 unspecified atom stereocenters. The quantitative estimate of drug-likeness (QED) is 0.715. The minimum Gasteiger partial charge on any atom is -0.364 e. The molecule has 1 N–H and O–H groups in total. The van der Waals surface area contributed by atoms with Gasteiger partial charge in [-0.3, -0.25) is 0 Å². The molecule has 2 nitrogen and oxygen atoms in total. The smallest absolute Gasteiger partial charge is 0.182 e. The van der Waals surface area contributed by atoms with Crippen molar-refractivity contribution in [2.45, 2.75) is 26.2 Å². The van der Waals surface area contributed by atoms with Gasteiger partial charge in [0.1, 0.15) is 0 Å². The second-order valence-electron chi connectivity index (χ2n) is 3.78. The molecule has 0 fully saturated rings. The monoisotopic (exact) mass is 178 g/mol. The summed E-state index contributed by atoms with van der Waals surface area (Å²) in [4.78, 5) is 0. The largest absolute Gasteiger partial charge is 0.364 e. The van der Waals surface area contributed by atoms with Crippen LogP contribution < -0.4 is 0 Å². The molecule has 1 aromatic rings. The summed E-state index contributed by atoms with van der Waals surface area (Å²) in [6, 6.07) is 7.85. The molecule has 0 aliphatic carbocycles. The van der Waals surface area contributed by atoms with Crippen LogP contribution in [0.25, 0.3) is 0 Å². The molecule has 0 bridgehead atoms. The van der Waals surface area contributed by atoms with Crippen molar-refractivity contribution >= 4 is 0 Å². The zero-order valence-electron chi connectivity index (χ0n) is 7.90. The molecule has 0 spiro atoms. The second kappa shape index (κ2) is 3.13. The van der Waals surface area contributed by atoms with E-state index in [0.29, 0.717) is 5.92 Å². The van der Waals surface area contributed by atoms with Crippen LogP contribution in [0, 0.1) is 5.92 Å². The number of ether oxygens (including phenoxy) is 1. The Morgan fingerprint density at radius 2 is 1.85 bits per heavy atom. The van der Waals surface area contributed by atoms with Crippen molar-refractivity contribution in [2.24, 2.45) is 5.92 Å². The number of hydrogen-bond donors (Lipinski definition) is 1. The summed E-state index contributed by atoms with van der Waals surface area (Å²) in [7, 11) is 0. The number of hydrogen-bond acceptors (Lipinski definition) is 2. The van der Waals surface area contributed by atoms with Crippen LogP contribution >= 0.6 is 0 Å². The van der Waals surface area contributed by atoms with Gasteiger partial charge in [-0.05, 0) is 11.5 Å². The number of aliphatic hydroxyl groups excluding tert-OH is 1. The Hall–Kier alpha value is -0.860. The fraction of sp³-hybridized carbons (Fsp3) is 0.455. The van der Waals surface area contributed by atoms with Gasteiger partial charge >= 0.3 is 0 Å². The topological polar surface area (TPSA) is 29.5 Å². The van der Waals surface area contributed by atoms with Crippen molar-refractivity contribution in [3.8, 4) is 0 Å². The minimum atomic E-state index is -0.733. The summed E-state index contributed by atoms with van der Waals surface area (Å²) in [5.41, 5.74) is 2.05. The zero-order valence-corrected chi connectivity index (χ0v) is 7.90. The van der Waals surface area contributed by atoms with Crippen molar-refractivity contribution in [2.75, 3.05) is 0 Å². The number of benzene rings is 1. The Balaban J connectivity index is 2.41. The predicted molar refractivity (Wildman–Crippen MR) is 50.1 cm³/mol. The van der Waals surface area contributed by atoms with E-state index in [0.717, 1.165) is 11.1 Å². The first-order valence-electron chi connectivity index (χ1n) is 4.62. The van der Waals surface area contributed by atoms with Crippen molar-refractivity contribution in [3.63, 3.8) is 0 Å². The molecule has 0 saturated carbocycles. The predicted octanol–water partition coefficient (Wildman–Crippen LogP) is 2.40. The fourth-order valence-corrected chi connectivity index (χ4v) is 1.80. The third-order valence-electron chi connectivity index (χ3n) is 2.45. The average Bonchev–Trinajstić information content (AvgIpc) is 2.45. The average molecular weight is 178 g/mol. The van der Waals surface area contributed by atoms with Gasteiger partial charge in [0.25, 0.3) is 0 Å². The summed E-state index contributed by atoms with van der Waals surface area (Å²) < 4.78 is 5.45. The highest BCUT2D eigenvalue weighted by Crippen LogP contribution is 2.40. The van der Waals surface area contributed by atoms with Crippen LogP contribution in [0.2, 0.25) is 0 Å². The maximum atomic E-state index is 9.58. The van der Waals surface area contributed by atoms with Crippen LogP contribution in [-0.2, 0) is 4.74 Å². The Bertz CT molecular complexity index is 307. The van der Waals surface area contributed by atoms with Gasteiger partial charge in [0, 0.05) is 5.56 Å². The molecule has 2 rings (SSSR count). The molecule has 0 aromatic heterocycles. The first kappa shape index (κ1) is 8.73. The van der Waals surface area contributed by atoms with Crippen molar-refractivity contribution in [1.82, 2.24) is 0 Å². The first-order chi connectivity index (χ1) is 6.20. The number of fused-ring (bicyclic) bond motifs is 1. The Morgan fingerprint density at radius 1 is 1.23 bits per heavy atom. The lowest BCUT2D eigenvalue weighted by molar-refractivity contribution is -0.132. The molecular formula is C11H14O2. The lowest BCUT2D eigenvalue weighted by atomic mass is 9.97. The summed E-state index contributed by atoms with van der Waals surface area (Å²) >= 11 is 0. The van der Waals surface area contributed by atoms with Crippen LogP contribution in [0.15, 0.2) is 24.3 Å². The van der Waals surface area contributed by atoms with E-state index in [1.165, 1.54) is 0 Å². The first-order valence-corrected chi connectivity index (χ1v) is 4.62. The summed E-state index contributed by atoms with van der Waals surface area (Å²) in [5, 5.41) is 9.58. The standard InChI is InChI=1S/C11H14O2/c1-7(2)10-8-5-3-4-6-9(8)11(12)13-10/h3-7,10-12H,1-2H3/t10-,11+/m1/s1. The SMILES string of the molecule is CC(C)[C@H]1O[C@H](O)c2ccccc21. The van der Waals surface area contributed by atoms with Crippen LogP contribution in [0.3, 0.4) is 0 Å². The van der Waals surface area contributed by atoms with Gasteiger partial charge < -0.3 is 9.84 Å². The Kier molecular flexibility index (Phi) is 2.10. The third kappa shape index (κ3) is 1.36. The van der Waals surface area contributed by atoms with Gasteiger partial charge in [-0.1, -0.05) is 38.1 Å². The van der Waals surface area contributed by atoms with Gasteiger partial charge in [0.05, 0.1) is 6.10 Å². The molecule has 1 heterocycles. The molecule has 0 radical (unpaired) electrons. The number of aliphatic hydroxyl groups is 1. The summed E-state index contributed by atoms with van der Waals surface area (Å²) in [6.45, 7) is 4.19. The molecule has 1 aliphatic heterocycles. The van der Waals surface area contributed by atoms with Crippen LogP contribution in [0.5, 0.6) is 0 Å². The minimum absolute atomic E-state index is 0.0474. The highest BCUT2D eigenvalue weighted by Gasteiger charge is 2.31. The zero-order chi connectivity index (χ0) is 9.42. The van der Waals surface area contributed by atoms with Crippen LogP contribution in [-0.4, -0.2) is 5.11 Å². The molecule has 0 saturated heterocycles. The lowest BCUT2D eigenvalue weighted by Gasteiger charge is -2.15. The Labute approximate surface area is 78.2 Å². The van der Waals surface area contributed by atoms with E-state index in [1.54, 1.807) is 0 Å². The van der Waals surface area contributed by atoms with Gasteiger partial charge in [-0.15, -0.1) is 0 Å².